The number of rotatable bonds is 5. The van der Waals surface area contributed by atoms with E-state index < -0.39 is 0 Å². The van der Waals surface area contributed by atoms with Crippen molar-refractivity contribution in [2.24, 2.45) is 5.92 Å². The van der Waals surface area contributed by atoms with Crippen molar-refractivity contribution >= 4 is 11.5 Å². The number of nitrogens with zero attached hydrogens (tertiary/aromatic N) is 1. The molecule has 0 amide bonds. The number of methoxy groups -OCH3 is 1. The molecule has 90 valence electrons. The molecule has 4 nitrogen and oxygen atoms in total. The van der Waals surface area contributed by atoms with E-state index in [1.165, 1.54) is 0 Å². The van der Waals surface area contributed by atoms with Crippen LogP contribution >= 0.6 is 0 Å². The number of aromatic nitrogens is 1. The molecule has 3 N–H and O–H groups in total. The lowest BCUT2D eigenvalue weighted by molar-refractivity contribution is 0.171. The van der Waals surface area contributed by atoms with E-state index >= 15 is 0 Å². The van der Waals surface area contributed by atoms with Gasteiger partial charge in [0.2, 0.25) is 0 Å². The first kappa shape index (κ1) is 12.8. The van der Waals surface area contributed by atoms with Gasteiger partial charge in [-0.25, -0.2) is 4.98 Å². The molecule has 0 saturated carbocycles. The monoisotopic (exact) mass is 223 g/mol. The molecule has 0 aliphatic heterocycles. The maximum Gasteiger partial charge on any atom is 0.149 e. The molecular formula is C12H21N3O. The summed E-state index contributed by atoms with van der Waals surface area (Å²) < 4.78 is 5.17. The lowest BCUT2D eigenvalue weighted by Gasteiger charge is -2.22. The van der Waals surface area contributed by atoms with Crippen LogP contribution in [0.4, 0.5) is 11.5 Å². The molecule has 16 heavy (non-hydrogen) atoms. The summed E-state index contributed by atoms with van der Waals surface area (Å²) in [7, 11) is 1.70. The first-order valence-electron chi connectivity index (χ1n) is 5.52. The number of hydrogen-bond donors (Lipinski definition) is 2. The van der Waals surface area contributed by atoms with Gasteiger partial charge < -0.3 is 15.8 Å². The fourth-order valence-corrected chi connectivity index (χ4v) is 1.47. The van der Waals surface area contributed by atoms with Gasteiger partial charge >= 0.3 is 0 Å². The predicted molar refractivity (Wildman–Crippen MR) is 67.5 cm³/mol. The van der Waals surface area contributed by atoms with Crippen LogP contribution < -0.4 is 11.1 Å². The molecule has 1 aromatic heterocycles. The van der Waals surface area contributed by atoms with E-state index in [0.717, 1.165) is 11.4 Å². The zero-order valence-corrected chi connectivity index (χ0v) is 10.4. The SMILES string of the molecule is COCC(Nc1ncc(C)cc1N)C(C)C. The molecule has 0 radical (unpaired) electrons. The van der Waals surface area contributed by atoms with Gasteiger partial charge in [-0.15, -0.1) is 0 Å². The lowest BCUT2D eigenvalue weighted by Crippen LogP contribution is -2.31. The molecule has 0 bridgehead atoms. The summed E-state index contributed by atoms with van der Waals surface area (Å²) >= 11 is 0. The maximum absolute atomic E-state index is 5.90. The van der Waals surface area contributed by atoms with E-state index in [1.807, 2.05) is 19.2 Å². The highest BCUT2D eigenvalue weighted by molar-refractivity contribution is 5.62. The number of ether oxygens (including phenoxy) is 1. The Bertz CT molecular complexity index is 339. The van der Waals surface area contributed by atoms with E-state index in [0.29, 0.717) is 18.2 Å². The molecule has 1 aromatic rings. The number of aryl methyl sites for hydroxylation is 1. The third kappa shape index (κ3) is 3.38. The molecule has 1 heterocycles. The highest BCUT2D eigenvalue weighted by Crippen LogP contribution is 2.18. The summed E-state index contributed by atoms with van der Waals surface area (Å²) in [5.74, 6) is 1.20. The largest absolute Gasteiger partial charge is 0.396 e. The standard InChI is InChI=1S/C12H21N3O/c1-8(2)11(7-16-4)15-12-10(13)5-9(3)6-14-12/h5-6,8,11H,7,13H2,1-4H3,(H,14,15). The van der Waals surface area contributed by atoms with Gasteiger partial charge in [0.15, 0.2) is 0 Å². The van der Waals surface area contributed by atoms with Crippen molar-refractivity contribution in [2.75, 3.05) is 24.8 Å². The Morgan fingerprint density at radius 2 is 2.19 bits per heavy atom. The second kappa shape index (κ2) is 5.70. The summed E-state index contributed by atoms with van der Waals surface area (Å²) in [6, 6.07) is 2.14. The molecule has 1 atom stereocenters. The number of nitrogens with one attached hydrogen (secondary N) is 1. The van der Waals surface area contributed by atoms with Gasteiger partial charge in [-0.3, -0.25) is 0 Å². The maximum atomic E-state index is 5.90. The number of hydrogen-bond acceptors (Lipinski definition) is 4. The molecule has 1 unspecified atom stereocenters. The van der Waals surface area contributed by atoms with Crippen LogP contribution in [0.5, 0.6) is 0 Å². The molecule has 0 aliphatic rings. The van der Waals surface area contributed by atoms with Gasteiger partial charge in [0, 0.05) is 13.3 Å². The van der Waals surface area contributed by atoms with E-state index in [9.17, 15) is 0 Å². The Kier molecular flexibility index (Phi) is 4.55. The van der Waals surface area contributed by atoms with Crippen molar-refractivity contribution in [1.29, 1.82) is 0 Å². The molecule has 0 aliphatic carbocycles. The van der Waals surface area contributed by atoms with Crippen LogP contribution in [-0.4, -0.2) is 24.7 Å². The Labute approximate surface area is 97.2 Å². The van der Waals surface area contributed by atoms with Crippen LogP contribution in [0.3, 0.4) is 0 Å². The van der Waals surface area contributed by atoms with E-state index in [1.54, 1.807) is 7.11 Å². The molecule has 1 rings (SSSR count). The zero-order chi connectivity index (χ0) is 12.1. The first-order valence-corrected chi connectivity index (χ1v) is 5.52. The minimum atomic E-state index is 0.225. The molecule has 0 spiro atoms. The lowest BCUT2D eigenvalue weighted by atomic mass is 10.1. The minimum absolute atomic E-state index is 0.225. The van der Waals surface area contributed by atoms with Crippen molar-refractivity contribution in [1.82, 2.24) is 4.98 Å². The molecule has 0 saturated heterocycles. The van der Waals surface area contributed by atoms with Crippen LogP contribution in [0.15, 0.2) is 12.3 Å². The fourth-order valence-electron chi connectivity index (χ4n) is 1.47. The third-order valence-electron chi connectivity index (χ3n) is 2.53. The molecule has 0 fully saturated rings. The second-order valence-electron chi connectivity index (χ2n) is 4.40. The Hall–Kier alpha value is -1.29. The minimum Gasteiger partial charge on any atom is -0.396 e. The highest BCUT2D eigenvalue weighted by Gasteiger charge is 2.14. The van der Waals surface area contributed by atoms with Crippen LogP contribution in [0.1, 0.15) is 19.4 Å². The molecule has 4 heteroatoms. The molecular weight excluding hydrogens is 202 g/mol. The van der Waals surface area contributed by atoms with Gasteiger partial charge in [0.05, 0.1) is 18.3 Å². The average molecular weight is 223 g/mol. The van der Waals surface area contributed by atoms with Crippen molar-refractivity contribution < 1.29 is 4.74 Å². The van der Waals surface area contributed by atoms with Crippen molar-refractivity contribution in [3.63, 3.8) is 0 Å². The van der Waals surface area contributed by atoms with Crippen LogP contribution in [0.25, 0.3) is 0 Å². The van der Waals surface area contributed by atoms with E-state index in [4.69, 9.17) is 10.5 Å². The normalized spacial score (nSPS) is 12.8. The van der Waals surface area contributed by atoms with Crippen molar-refractivity contribution in [3.05, 3.63) is 17.8 Å². The Morgan fingerprint density at radius 3 is 2.69 bits per heavy atom. The van der Waals surface area contributed by atoms with Crippen LogP contribution in [-0.2, 0) is 4.74 Å². The average Bonchev–Trinajstić information content (AvgIpc) is 2.20. The van der Waals surface area contributed by atoms with Crippen molar-refractivity contribution in [2.45, 2.75) is 26.8 Å². The number of nitrogen functional groups attached to an aromatic ring is 1. The van der Waals surface area contributed by atoms with Crippen LogP contribution in [0.2, 0.25) is 0 Å². The first-order chi connectivity index (χ1) is 7.54. The third-order valence-corrected chi connectivity index (χ3v) is 2.53. The predicted octanol–water partition coefficient (Wildman–Crippen LogP) is 2.06. The van der Waals surface area contributed by atoms with Gasteiger partial charge in [0.25, 0.3) is 0 Å². The highest BCUT2D eigenvalue weighted by atomic mass is 16.5. The molecule has 0 aromatic carbocycles. The summed E-state index contributed by atoms with van der Waals surface area (Å²) in [6.07, 6.45) is 1.81. The van der Waals surface area contributed by atoms with E-state index in [2.05, 4.69) is 24.1 Å². The van der Waals surface area contributed by atoms with Gasteiger partial charge in [-0.1, -0.05) is 13.8 Å². The number of nitrogens with two attached hydrogens (primary N) is 1. The number of anilines is 2. The number of pyridine rings is 1. The fraction of sp³-hybridized carbons (Fsp3) is 0.583. The smallest absolute Gasteiger partial charge is 0.149 e. The van der Waals surface area contributed by atoms with E-state index in [-0.39, 0.29) is 6.04 Å². The summed E-state index contributed by atoms with van der Waals surface area (Å²) in [5.41, 5.74) is 7.65. The van der Waals surface area contributed by atoms with Gasteiger partial charge in [0.1, 0.15) is 5.82 Å². The van der Waals surface area contributed by atoms with Crippen molar-refractivity contribution in [3.8, 4) is 0 Å². The van der Waals surface area contributed by atoms with Crippen LogP contribution in [0, 0.1) is 12.8 Å². The Morgan fingerprint density at radius 1 is 1.50 bits per heavy atom. The summed E-state index contributed by atoms with van der Waals surface area (Å²) in [6.45, 7) is 6.90. The topological polar surface area (TPSA) is 60.2 Å². The zero-order valence-electron chi connectivity index (χ0n) is 10.4. The summed E-state index contributed by atoms with van der Waals surface area (Å²) in [4.78, 5) is 4.29. The van der Waals surface area contributed by atoms with Gasteiger partial charge in [-0.2, -0.15) is 0 Å². The summed E-state index contributed by atoms with van der Waals surface area (Å²) in [5, 5.41) is 3.31. The van der Waals surface area contributed by atoms with Gasteiger partial charge in [-0.05, 0) is 24.5 Å². The quantitative estimate of drug-likeness (QED) is 0.802. The second-order valence-corrected chi connectivity index (χ2v) is 4.40. The Balaban J connectivity index is 2.77.